The highest BCUT2D eigenvalue weighted by Gasteiger charge is 2.10. The number of aromatic hydroxyl groups is 1. The predicted molar refractivity (Wildman–Crippen MR) is 116 cm³/mol. The lowest BCUT2D eigenvalue weighted by Crippen LogP contribution is -1.81. The van der Waals surface area contributed by atoms with Crippen LogP contribution in [0.25, 0.3) is 43.9 Å². The highest BCUT2D eigenvalue weighted by atomic mass is 16.5. The van der Waals surface area contributed by atoms with Crippen molar-refractivity contribution < 1.29 is 18.7 Å². The van der Waals surface area contributed by atoms with Crippen molar-refractivity contribution in [2.45, 2.75) is 0 Å². The SMILES string of the molecule is COc1cccc2c1oc1ccccc12.Oc1cccc2c1oc1ccccc12. The molecule has 6 rings (SSSR count). The molecule has 0 aliphatic heterocycles. The average Bonchev–Trinajstić information content (AvgIpc) is 3.34. The van der Waals surface area contributed by atoms with Gasteiger partial charge < -0.3 is 18.7 Å². The molecule has 0 bridgehead atoms. The van der Waals surface area contributed by atoms with Gasteiger partial charge in [-0.25, -0.2) is 0 Å². The van der Waals surface area contributed by atoms with Crippen molar-refractivity contribution in [3.63, 3.8) is 0 Å². The van der Waals surface area contributed by atoms with Crippen molar-refractivity contribution in [2.24, 2.45) is 0 Å². The maximum Gasteiger partial charge on any atom is 0.177 e. The lowest BCUT2D eigenvalue weighted by Gasteiger charge is -1.98. The Balaban J connectivity index is 0.000000125. The number of furan rings is 2. The summed E-state index contributed by atoms with van der Waals surface area (Å²) in [5.74, 6) is 0.974. The summed E-state index contributed by atoms with van der Waals surface area (Å²) in [7, 11) is 1.65. The summed E-state index contributed by atoms with van der Waals surface area (Å²) < 4.78 is 16.5. The molecule has 0 spiro atoms. The maximum absolute atomic E-state index is 9.58. The van der Waals surface area contributed by atoms with Crippen LogP contribution in [0.3, 0.4) is 0 Å². The van der Waals surface area contributed by atoms with Gasteiger partial charge in [-0.2, -0.15) is 0 Å². The first-order valence-corrected chi connectivity index (χ1v) is 9.30. The normalized spacial score (nSPS) is 11.1. The molecule has 0 saturated carbocycles. The van der Waals surface area contributed by atoms with E-state index in [1.807, 2.05) is 72.8 Å². The van der Waals surface area contributed by atoms with Crippen molar-refractivity contribution in [3.8, 4) is 11.5 Å². The van der Waals surface area contributed by atoms with E-state index in [4.69, 9.17) is 13.6 Å². The summed E-state index contributed by atoms with van der Waals surface area (Å²) in [5, 5.41) is 13.8. The third kappa shape index (κ3) is 2.86. The first-order chi connectivity index (χ1) is 14.3. The van der Waals surface area contributed by atoms with E-state index in [0.717, 1.165) is 44.0 Å². The number of fused-ring (bicyclic) bond motifs is 6. The number of para-hydroxylation sites is 4. The van der Waals surface area contributed by atoms with Gasteiger partial charge in [-0.15, -0.1) is 0 Å². The molecular weight excluding hydrogens is 364 g/mol. The van der Waals surface area contributed by atoms with Crippen molar-refractivity contribution in [3.05, 3.63) is 84.9 Å². The largest absolute Gasteiger partial charge is 0.504 e. The lowest BCUT2D eigenvalue weighted by molar-refractivity contribution is 0.412. The molecule has 2 heterocycles. The molecule has 0 aliphatic rings. The van der Waals surface area contributed by atoms with Gasteiger partial charge in [-0.1, -0.05) is 60.7 Å². The summed E-state index contributed by atoms with van der Waals surface area (Å²) in [4.78, 5) is 0. The molecule has 4 nitrogen and oxygen atoms in total. The molecular formula is C25H18O4. The minimum atomic E-state index is 0.193. The van der Waals surface area contributed by atoms with Crippen molar-refractivity contribution in [1.29, 1.82) is 0 Å². The van der Waals surface area contributed by atoms with Crippen LogP contribution in [0.15, 0.2) is 93.8 Å². The fourth-order valence-corrected chi connectivity index (χ4v) is 3.61. The Morgan fingerprint density at radius 1 is 0.586 bits per heavy atom. The van der Waals surface area contributed by atoms with Gasteiger partial charge in [0.15, 0.2) is 22.7 Å². The Morgan fingerprint density at radius 2 is 1.10 bits per heavy atom. The molecule has 0 fully saturated rings. The van der Waals surface area contributed by atoms with Gasteiger partial charge in [0.2, 0.25) is 0 Å². The Morgan fingerprint density at radius 3 is 1.76 bits per heavy atom. The van der Waals surface area contributed by atoms with E-state index in [0.29, 0.717) is 5.58 Å². The van der Waals surface area contributed by atoms with Crippen LogP contribution in [-0.4, -0.2) is 12.2 Å². The zero-order valence-corrected chi connectivity index (χ0v) is 15.8. The van der Waals surface area contributed by atoms with E-state index in [1.165, 1.54) is 0 Å². The van der Waals surface area contributed by atoms with Gasteiger partial charge in [-0.3, -0.25) is 0 Å². The number of benzene rings is 4. The van der Waals surface area contributed by atoms with Crippen molar-refractivity contribution in [2.75, 3.05) is 7.11 Å². The monoisotopic (exact) mass is 382 g/mol. The van der Waals surface area contributed by atoms with Crippen molar-refractivity contribution in [1.82, 2.24) is 0 Å². The van der Waals surface area contributed by atoms with Gasteiger partial charge in [0, 0.05) is 21.5 Å². The number of hydrogen-bond acceptors (Lipinski definition) is 4. The maximum atomic E-state index is 9.58. The number of rotatable bonds is 1. The van der Waals surface area contributed by atoms with E-state index >= 15 is 0 Å². The van der Waals surface area contributed by atoms with E-state index in [9.17, 15) is 5.11 Å². The van der Waals surface area contributed by atoms with Crippen LogP contribution in [0.4, 0.5) is 0 Å². The first kappa shape index (κ1) is 17.2. The van der Waals surface area contributed by atoms with E-state index in [-0.39, 0.29) is 5.75 Å². The van der Waals surface area contributed by atoms with Crippen LogP contribution in [0.5, 0.6) is 11.5 Å². The second-order valence-electron chi connectivity index (χ2n) is 6.69. The molecule has 1 N–H and O–H groups in total. The smallest absolute Gasteiger partial charge is 0.177 e. The highest BCUT2D eigenvalue weighted by Crippen LogP contribution is 2.34. The van der Waals surface area contributed by atoms with Crippen LogP contribution in [0.1, 0.15) is 0 Å². The van der Waals surface area contributed by atoms with Crippen LogP contribution in [0.2, 0.25) is 0 Å². The van der Waals surface area contributed by atoms with Gasteiger partial charge >= 0.3 is 0 Å². The number of ether oxygens (including phenoxy) is 1. The molecule has 0 atom stereocenters. The Hall–Kier alpha value is -3.92. The standard InChI is InChI=1S/C13H10O2.C12H8O2/c1-14-12-8-4-6-10-9-5-2-3-7-11(9)15-13(10)12;13-10-6-3-5-9-8-4-1-2-7-11(8)14-12(9)10/h2-8H,1H3;1-7,13H. The molecule has 0 radical (unpaired) electrons. The molecule has 142 valence electrons. The van der Waals surface area contributed by atoms with E-state index in [1.54, 1.807) is 13.2 Å². The highest BCUT2D eigenvalue weighted by molar-refractivity contribution is 6.07. The third-order valence-electron chi connectivity index (χ3n) is 4.97. The molecule has 6 aromatic rings. The molecule has 4 aromatic carbocycles. The second kappa shape index (κ2) is 6.91. The fourth-order valence-electron chi connectivity index (χ4n) is 3.61. The zero-order valence-electron chi connectivity index (χ0n) is 15.8. The van der Waals surface area contributed by atoms with Crippen molar-refractivity contribution >= 4 is 43.9 Å². The third-order valence-corrected chi connectivity index (χ3v) is 4.97. The molecule has 0 saturated heterocycles. The number of phenolic OH excluding ortho intramolecular Hbond substituents is 1. The van der Waals surface area contributed by atoms with Crippen LogP contribution >= 0.6 is 0 Å². The number of hydrogen-bond donors (Lipinski definition) is 1. The second-order valence-corrected chi connectivity index (χ2v) is 6.69. The Kier molecular flexibility index (Phi) is 4.10. The van der Waals surface area contributed by atoms with Crippen LogP contribution < -0.4 is 4.74 Å². The minimum absolute atomic E-state index is 0.193. The quantitative estimate of drug-likeness (QED) is 0.336. The molecule has 4 heteroatoms. The van der Waals surface area contributed by atoms with E-state index < -0.39 is 0 Å². The van der Waals surface area contributed by atoms with Gasteiger partial charge in [-0.05, 0) is 24.3 Å². The average molecular weight is 382 g/mol. The Bertz CT molecular complexity index is 1460. The van der Waals surface area contributed by atoms with E-state index in [2.05, 4.69) is 6.07 Å². The first-order valence-electron chi connectivity index (χ1n) is 9.30. The van der Waals surface area contributed by atoms with Gasteiger partial charge in [0.1, 0.15) is 11.2 Å². The number of phenols is 1. The number of methoxy groups -OCH3 is 1. The summed E-state index contributed by atoms with van der Waals surface area (Å²) in [6, 6.07) is 27.1. The van der Waals surface area contributed by atoms with Crippen LogP contribution in [0, 0.1) is 0 Å². The summed E-state index contributed by atoms with van der Waals surface area (Å²) in [6.45, 7) is 0. The molecule has 0 aliphatic carbocycles. The molecule has 0 amide bonds. The Labute approximate surface area is 166 Å². The summed E-state index contributed by atoms with van der Waals surface area (Å²) in [5.41, 5.74) is 3.09. The predicted octanol–water partition coefficient (Wildman–Crippen LogP) is 6.89. The molecule has 2 aromatic heterocycles. The minimum Gasteiger partial charge on any atom is -0.504 e. The molecule has 0 unspecified atom stereocenters. The zero-order chi connectivity index (χ0) is 19.8. The topological polar surface area (TPSA) is 55.7 Å². The molecule has 29 heavy (non-hydrogen) atoms. The lowest BCUT2D eigenvalue weighted by atomic mass is 10.1. The van der Waals surface area contributed by atoms with Gasteiger partial charge in [0.25, 0.3) is 0 Å². The van der Waals surface area contributed by atoms with Gasteiger partial charge in [0.05, 0.1) is 7.11 Å². The summed E-state index contributed by atoms with van der Waals surface area (Å²) >= 11 is 0. The van der Waals surface area contributed by atoms with Crippen LogP contribution in [-0.2, 0) is 0 Å². The fraction of sp³-hybridized carbons (Fsp3) is 0.0400. The summed E-state index contributed by atoms with van der Waals surface area (Å²) in [6.07, 6.45) is 0.